The van der Waals surface area contributed by atoms with Gasteiger partial charge < -0.3 is 9.84 Å². The smallest absolute Gasteiger partial charge is 0.303 e. The second-order valence-electron chi connectivity index (χ2n) is 5.43. The summed E-state index contributed by atoms with van der Waals surface area (Å²) in [4.78, 5) is 12.7. The Balaban J connectivity index is 1.75. The largest absolute Gasteiger partial charge is 0.489 e. The van der Waals surface area contributed by atoms with Crippen molar-refractivity contribution in [1.82, 2.24) is 4.90 Å². The monoisotopic (exact) mass is 317 g/mol. The molecule has 122 valence electrons. The molecule has 4 nitrogen and oxygen atoms in total. The second kappa shape index (κ2) is 7.49. The van der Waals surface area contributed by atoms with E-state index in [1.54, 1.807) is 0 Å². The van der Waals surface area contributed by atoms with Gasteiger partial charge in [0.05, 0.1) is 0 Å². The zero-order chi connectivity index (χ0) is 16.1. The average molecular weight is 317 g/mol. The first-order valence-corrected chi connectivity index (χ1v) is 7.17. The fourth-order valence-corrected chi connectivity index (χ4v) is 2.58. The maximum atomic E-state index is 13.4. The van der Waals surface area contributed by atoms with E-state index in [2.05, 4.69) is 4.90 Å². The number of hydrogen-bond donors (Lipinski definition) is 1. The Labute approximate surface area is 126 Å². The van der Waals surface area contributed by atoms with Gasteiger partial charge in [0.1, 0.15) is 12.4 Å². The van der Waals surface area contributed by atoms with E-state index in [0.29, 0.717) is 12.6 Å². The molecule has 0 bridgehead atoms. The third kappa shape index (κ3) is 4.62. The molecule has 0 spiro atoms. The number of carbonyl (C=O) groups is 1. The molecule has 7 heteroatoms. The average Bonchev–Trinajstić information content (AvgIpc) is 2.45. The van der Waals surface area contributed by atoms with Gasteiger partial charge in [-0.3, -0.25) is 9.69 Å². The lowest BCUT2D eigenvalue weighted by Gasteiger charge is -2.31. The van der Waals surface area contributed by atoms with Crippen LogP contribution in [-0.4, -0.2) is 42.2 Å². The van der Waals surface area contributed by atoms with E-state index in [9.17, 15) is 18.0 Å². The molecule has 0 unspecified atom stereocenters. The molecule has 2 rings (SSSR count). The molecule has 1 aliphatic heterocycles. The van der Waals surface area contributed by atoms with E-state index in [-0.39, 0.29) is 18.9 Å². The van der Waals surface area contributed by atoms with Crippen LogP contribution >= 0.6 is 0 Å². The highest BCUT2D eigenvalue weighted by atomic mass is 19.2. The molecule has 1 aromatic carbocycles. The van der Waals surface area contributed by atoms with Crippen LogP contribution in [0.1, 0.15) is 19.3 Å². The number of rotatable bonds is 6. The van der Waals surface area contributed by atoms with Crippen LogP contribution in [0.3, 0.4) is 0 Å². The number of ether oxygens (including phenoxy) is 1. The van der Waals surface area contributed by atoms with Crippen LogP contribution in [0.25, 0.3) is 0 Å². The fraction of sp³-hybridized carbons (Fsp3) is 0.533. The fourth-order valence-electron chi connectivity index (χ4n) is 2.58. The molecule has 22 heavy (non-hydrogen) atoms. The van der Waals surface area contributed by atoms with Crippen LogP contribution in [0.2, 0.25) is 0 Å². The van der Waals surface area contributed by atoms with Crippen LogP contribution in [0, 0.1) is 23.4 Å². The van der Waals surface area contributed by atoms with Gasteiger partial charge in [-0.15, -0.1) is 0 Å². The van der Waals surface area contributed by atoms with E-state index < -0.39 is 29.2 Å². The lowest BCUT2D eigenvalue weighted by molar-refractivity contribution is -0.138. The van der Waals surface area contributed by atoms with Gasteiger partial charge in [0.25, 0.3) is 0 Å². The van der Waals surface area contributed by atoms with Gasteiger partial charge in [-0.2, -0.15) is 4.39 Å². The van der Waals surface area contributed by atoms with Gasteiger partial charge in [0.2, 0.25) is 5.82 Å². The molecule has 0 aromatic heterocycles. The van der Waals surface area contributed by atoms with E-state index >= 15 is 0 Å². The summed E-state index contributed by atoms with van der Waals surface area (Å²) in [5.74, 6) is -4.39. The minimum atomic E-state index is -1.27. The molecule has 1 saturated heterocycles. The van der Waals surface area contributed by atoms with Crippen molar-refractivity contribution in [2.24, 2.45) is 5.92 Å². The SMILES string of the molecule is O=C(O)CC1CCN(CCOc2cc(F)cc(F)c2F)CC1. The molecule has 1 N–H and O–H groups in total. The molecule has 0 amide bonds. The van der Waals surface area contributed by atoms with Gasteiger partial charge in [0, 0.05) is 25.1 Å². The number of carboxylic acids is 1. The first kappa shape index (κ1) is 16.6. The number of halogens is 3. The van der Waals surface area contributed by atoms with Crippen LogP contribution in [0.4, 0.5) is 13.2 Å². The number of piperidine rings is 1. The van der Waals surface area contributed by atoms with Gasteiger partial charge in [0.15, 0.2) is 11.6 Å². The van der Waals surface area contributed by atoms with Crippen molar-refractivity contribution >= 4 is 5.97 Å². The highest BCUT2D eigenvalue weighted by Gasteiger charge is 2.21. The van der Waals surface area contributed by atoms with Crippen molar-refractivity contribution in [3.63, 3.8) is 0 Å². The molecule has 0 radical (unpaired) electrons. The van der Waals surface area contributed by atoms with Crippen molar-refractivity contribution in [2.75, 3.05) is 26.2 Å². The third-order valence-corrected chi connectivity index (χ3v) is 3.80. The Morgan fingerprint density at radius 3 is 2.59 bits per heavy atom. The lowest BCUT2D eigenvalue weighted by atomic mass is 9.94. The molecule has 1 aromatic rings. The predicted molar refractivity (Wildman–Crippen MR) is 73.2 cm³/mol. The summed E-state index contributed by atoms with van der Waals surface area (Å²) in [7, 11) is 0. The molecule has 1 fully saturated rings. The van der Waals surface area contributed by atoms with Crippen LogP contribution < -0.4 is 4.74 Å². The minimum Gasteiger partial charge on any atom is -0.489 e. The molecule has 0 aliphatic carbocycles. The number of likely N-dealkylation sites (tertiary alicyclic amines) is 1. The Kier molecular flexibility index (Phi) is 5.65. The number of carboxylic acid groups (broad SMARTS) is 1. The Morgan fingerprint density at radius 2 is 1.95 bits per heavy atom. The highest BCUT2D eigenvalue weighted by molar-refractivity contribution is 5.67. The molecule has 0 saturated carbocycles. The number of nitrogens with zero attached hydrogens (tertiary/aromatic N) is 1. The van der Waals surface area contributed by atoms with Gasteiger partial charge in [-0.1, -0.05) is 0 Å². The van der Waals surface area contributed by atoms with Gasteiger partial charge in [-0.05, 0) is 31.8 Å². The topological polar surface area (TPSA) is 49.8 Å². The standard InChI is InChI=1S/C15H18F3NO3/c16-11-8-12(17)15(18)13(9-11)22-6-5-19-3-1-10(2-4-19)7-14(20)21/h8-10H,1-7H2,(H,20,21). The maximum Gasteiger partial charge on any atom is 0.303 e. The molecule has 1 aliphatic rings. The third-order valence-electron chi connectivity index (χ3n) is 3.80. The van der Waals surface area contributed by atoms with Gasteiger partial charge >= 0.3 is 5.97 Å². The van der Waals surface area contributed by atoms with Crippen LogP contribution in [-0.2, 0) is 4.79 Å². The zero-order valence-corrected chi connectivity index (χ0v) is 12.0. The van der Waals surface area contributed by atoms with E-state index in [1.165, 1.54) is 0 Å². The second-order valence-corrected chi connectivity index (χ2v) is 5.43. The van der Waals surface area contributed by atoms with E-state index in [0.717, 1.165) is 32.0 Å². The maximum absolute atomic E-state index is 13.4. The molecular formula is C15H18F3NO3. The Morgan fingerprint density at radius 1 is 1.27 bits per heavy atom. The number of benzene rings is 1. The first-order valence-electron chi connectivity index (χ1n) is 7.17. The van der Waals surface area contributed by atoms with E-state index in [4.69, 9.17) is 9.84 Å². The number of hydrogen-bond acceptors (Lipinski definition) is 3. The Bertz CT molecular complexity index is 531. The van der Waals surface area contributed by atoms with E-state index in [1.807, 2.05) is 0 Å². The predicted octanol–water partition coefficient (Wildman–Crippen LogP) is 2.67. The minimum absolute atomic E-state index is 0.114. The van der Waals surface area contributed by atoms with Crippen molar-refractivity contribution in [3.05, 3.63) is 29.6 Å². The van der Waals surface area contributed by atoms with Crippen molar-refractivity contribution in [2.45, 2.75) is 19.3 Å². The normalized spacial score (nSPS) is 16.7. The molecular weight excluding hydrogens is 299 g/mol. The quantitative estimate of drug-likeness (QED) is 0.820. The van der Waals surface area contributed by atoms with Crippen molar-refractivity contribution < 1.29 is 27.8 Å². The summed E-state index contributed by atoms with van der Waals surface area (Å²) in [6.45, 7) is 2.09. The first-order chi connectivity index (χ1) is 10.5. The molecule has 0 atom stereocenters. The van der Waals surface area contributed by atoms with Crippen LogP contribution in [0.15, 0.2) is 12.1 Å². The zero-order valence-electron chi connectivity index (χ0n) is 12.0. The lowest BCUT2D eigenvalue weighted by Crippen LogP contribution is -2.37. The summed E-state index contributed by atoms with van der Waals surface area (Å²) in [5.41, 5.74) is 0. The molecule has 1 heterocycles. The summed E-state index contributed by atoms with van der Waals surface area (Å²) >= 11 is 0. The number of aliphatic carboxylic acids is 1. The summed E-state index contributed by atoms with van der Waals surface area (Å²) < 4.78 is 44.5. The van der Waals surface area contributed by atoms with Crippen LogP contribution in [0.5, 0.6) is 5.75 Å². The summed E-state index contributed by atoms with van der Waals surface area (Å²) in [6.07, 6.45) is 1.75. The summed E-state index contributed by atoms with van der Waals surface area (Å²) in [6, 6.07) is 1.28. The summed E-state index contributed by atoms with van der Waals surface area (Å²) in [5, 5.41) is 8.74. The van der Waals surface area contributed by atoms with Crippen molar-refractivity contribution in [1.29, 1.82) is 0 Å². The highest BCUT2D eigenvalue weighted by Crippen LogP contribution is 2.22. The van der Waals surface area contributed by atoms with Gasteiger partial charge in [-0.25, -0.2) is 8.78 Å². The van der Waals surface area contributed by atoms with Crippen molar-refractivity contribution in [3.8, 4) is 5.75 Å². The Hall–Kier alpha value is -1.76.